The Hall–Kier alpha value is -1.59. The molecule has 0 unspecified atom stereocenters. The second-order valence-corrected chi connectivity index (χ2v) is 7.35. The van der Waals surface area contributed by atoms with Crippen LogP contribution in [0.15, 0.2) is 24.3 Å². The molecule has 0 radical (unpaired) electrons. The van der Waals surface area contributed by atoms with Crippen LogP contribution in [-0.2, 0) is 14.9 Å². The Bertz CT molecular complexity index is 611. The molecule has 1 saturated carbocycles. The Labute approximate surface area is 143 Å². The number of likely N-dealkylation sites (tertiary alicyclic amines) is 1. The van der Waals surface area contributed by atoms with Crippen LogP contribution in [0.1, 0.15) is 36.8 Å². The van der Waals surface area contributed by atoms with Crippen molar-refractivity contribution in [2.24, 2.45) is 0 Å². The third-order valence-electron chi connectivity index (χ3n) is 5.77. The zero-order valence-corrected chi connectivity index (χ0v) is 14.3. The van der Waals surface area contributed by atoms with E-state index in [4.69, 9.17) is 9.47 Å². The maximum atomic E-state index is 12.5. The molecule has 1 aliphatic carbocycles. The summed E-state index contributed by atoms with van der Waals surface area (Å²) in [6, 6.07) is 8.57. The van der Waals surface area contributed by atoms with Crippen LogP contribution in [0.2, 0.25) is 0 Å². The highest BCUT2D eigenvalue weighted by atomic mass is 16.7. The standard InChI is InChI=1S/C19H26N2O3/c1-15-4-2-3-5-16(15)18(6-7-18)14-20-17(22)21-10-8-19(9-11-21)23-12-13-24-19/h2-5H,6-14H2,1H3,(H,20,22). The van der Waals surface area contributed by atoms with Gasteiger partial charge in [-0.15, -0.1) is 0 Å². The third kappa shape index (κ3) is 2.91. The van der Waals surface area contributed by atoms with E-state index in [0.29, 0.717) is 26.3 Å². The minimum absolute atomic E-state index is 0.0442. The fourth-order valence-electron chi connectivity index (χ4n) is 4.05. The van der Waals surface area contributed by atoms with E-state index >= 15 is 0 Å². The summed E-state index contributed by atoms with van der Waals surface area (Å²) < 4.78 is 11.4. The Morgan fingerprint density at radius 3 is 2.42 bits per heavy atom. The van der Waals surface area contributed by atoms with E-state index < -0.39 is 5.79 Å². The van der Waals surface area contributed by atoms with Crippen LogP contribution in [0.4, 0.5) is 4.79 Å². The largest absolute Gasteiger partial charge is 0.347 e. The fraction of sp³-hybridized carbons (Fsp3) is 0.632. The number of nitrogens with zero attached hydrogens (tertiary/aromatic N) is 1. The molecule has 24 heavy (non-hydrogen) atoms. The van der Waals surface area contributed by atoms with Gasteiger partial charge in [0.25, 0.3) is 0 Å². The Morgan fingerprint density at radius 1 is 1.12 bits per heavy atom. The average molecular weight is 330 g/mol. The highest BCUT2D eigenvalue weighted by molar-refractivity contribution is 5.74. The number of hydrogen-bond donors (Lipinski definition) is 1. The Kier molecular flexibility index (Phi) is 4.01. The minimum atomic E-state index is -0.421. The van der Waals surface area contributed by atoms with Gasteiger partial charge in [0, 0.05) is 37.9 Å². The first-order valence-corrected chi connectivity index (χ1v) is 8.99. The van der Waals surface area contributed by atoms with E-state index in [0.717, 1.165) is 32.2 Å². The number of carbonyl (C=O) groups excluding carboxylic acids is 1. The summed E-state index contributed by atoms with van der Waals surface area (Å²) in [6.45, 7) is 5.62. The van der Waals surface area contributed by atoms with Crippen LogP contribution in [0.25, 0.3) is 0 Å². The highest BCUT2D eigenvalue weighted by Crippen LogP contribution is 2.48. The first-order valence-electron chi connectivity index (χ1n) is 8.99. The van der Waals surface area contributed by atoms with Crippen LogP contribution in [0, 0.1) is 6.92 Å². The number of carbonyl (C=O) groups is 1. The summed E-state index contributed by atoms with van der Waals surface area (Å²) in [5, 5.41) is 3.17. The monoisotopic (exact) mass is 330 g/mol. The molecule has 1 N–H and O–H groups in total. The Balaban J connectivity index is 1.32. The van der Waals surface area contributed by atoms with Gasteiger partial charge in [-0.05, 0) is 30.9 Å². The molecule has 130 valence electrons. The number of rotatable bonds is 3. The number of urea groups is 1. The SMILES string of the molecule is Cc1ccccc1C1(CNC(=O)N2CCC3(CC2)OCCO3)CC1. The molecular weight excluding hydrogens is 304 g/mol. The lowest BCUT2D eigenvalue weighted by Gasteiger charge is -2.37. The summed E-state index contributed by atoms with van der Waals surface area (Å²) in [6.07, 6.45) is 3.85. The predicted molar refractivity (Wildman–Crippen MR) is 90.9 cm³/mol. The second-order valence-electron chi connectivity index (χ2n) is 7.35. The molecule has 5 heteroatoms. The summed E-state index contributed by atoms with van der Waals surface area (Å²) in [5.41, 5.74) is 2.85. The molecule has 3 fully saturated rings. The van der Waals surface area contributed by atoms with Crippen LogP contribution in [-0.4, -0.2) is 49.6 Å². The van der Waals surface area contributed by atoms with Crippen LogP contribution in [0.3, 0.4) is 0 Å². The van der Waals surface area contributed by atoms with Crippen molar-refractivity contribution in [3.63, 3.8) is 0 Å². The average Bonchev–Trinajstić information content (AvgIpc) is 3.26. The van der Waals surface area contributed by atoms with Crippen molar-refractivity contribution >= 4 is 6.03 Å². The molecule has 1 aromatic carbocycles. The van der Waals surface area contributed by atoms with E-state index in [1.165, 1.54) is 11.1 Å². The van der Waals surface area contributed by atoms with Gasteiger partial charge in [-0.25, -0.2) is 4.79 Å². The van der Waals surface area contributed by atoms with Gasteiger partial charge in [-0.3, -0.25) is 0 Å². The molecule has 0 aromatic heterocycles. The van der Waals surface area contributed by atoms with Crippen molar-refractivity contribution < 1.29 is 14.3 Å². The molecule has 4 rings (SSSR count). The maximum Gasteiger partial charge on any atom is 0.317 e. The summed E-state index contributed by atoms with van der Waals surface area (Å²) in [7, 11) is 0. The van der Waals surface area contributed by atoms with Crippen molar-refractivity contribution in [2.45, 2.75) is 43.8 Å². The highest BCUT2D eigenvalue weighted by Gasteiger charge is 2.46. The lowest BCUT2D eigenvalue weighted by Crippen LogP contribution is -2.51. The summed E-state index contributed by atoms with van der Waals surface area (Å²) >= 11 is 0. The maximum absolute atomic E-state index is 12.5. The van der Waals surface area contributed by atoms with E-state index in [9.17, 15) is 4.79 Å². The quantitative estimate of drug-likeness (QED) is 0.927. The van der Waals surface area contributed by atoms with E-state index in [2.05, 4.69) is 36.5 Å². The lowest BCUT2D eigenvalue weighted by molar-refractivity contribution is -0.181. The van der Waals surface area contributed by atoms with Gasteiger partial charge in [0.1, 0.15) is 0 Å². The molecule has 0 bridgehead atoms. The summed E-state index contributed by atoms with van der Waals surface area (Å²) in [4.78, 5) is 14.4. The molecule has 2 aliphatic heterocycles. The van der Waals surface area contributed by atoms with Gasteiger partial charge in [-0.2, -0.15) is 0 Å². The van der Waals surface area contributed by atoms with Gasteiger partial charge < -0.3 is 19.7 Å². The molecule has 2 heterocycles. The van der Waals surface area contributed by atoms with Crippen LogP contribution < -0.4 is 5.32 Å². The zero-order valence-electron chi connectivity index (χ0n) is 14.3. The topological polar surface area (TPSA) is 50.8 Å². The van der Waals surface area contributed by atoms with Crippen molar-refractivity contribution in [1.29, 1.82) is 0 Å². The number of aryl methyl sites for hydroxylation is 1. The number of benzene rings is 1. The van der Waals surface area contributed by atoms with Crippen molar-refractivity contribution in [2.75, 3.05) is 32.8 Å². The minimum Gasteiger partial charge on any atom is -0.347 e. The van der Waals surface area contributed by atoms with Gasteiger partial charge in [-0.1, -0.05) is 24.3 Å². The molecule has 3 aliphatic rings. The van der Waals surface area contributed by atoms with Crippen molar-refractivity contribution in [3.8, 4) is 0 Å². The molecule has 0 atom stereocenters. The van der Waals surface area contributed by atoms with E-state index in [1.807, 2.05) is 4.90 Å². The first-order chi connectivity index (χ1) is 11.6. The van der Waals surface area contributed by atoms with Crippen molar-refractivity contribution in [1.82, 2.24) is 10.2 Å². The van der Waals surface area contributed by atoms with Gasteiger partial charge >= 0.3 is 6.03 Å². The predicted octanol–water partition coefficient (Wildman–Crippen LogP) is 2.58. The van der Waals surface area contributed by atoms with E-state index in [1.54, 1.807) is 0 Å². The smallest absolute Gasteiger partial charge is 0.317 e. The van der Waals surface area contributed by atoms with Crippen LogP contribution >= 0.6 is 0 Å². The second kappa shape index (κ2) is 6.05. The molecule has 2 amide bonds. The molecule has 1 spiro atoms. The number of piperidine rings is 1. The number of hydrogen-bond acceptors (Lipinski definition) is 3. The molecule has 2 saturated heterocycles. The van der Waals surface area contributed by atoms with E-state index in [-0.39, 0.29) is 11.4 Å². The van der Waals surface area contributed by atoms with Crippen LogP contribution in [0.5, 0.6) is 0 Å². The Morgan fingerprint density at radius 2 is 1.79 bits per heavy atom. The fourth-order valence-corrected chi connectivity index (χ4v) is 4.05. The molecule has 1 aromatic rings. The van der Waals surface area contributed by atoms with Gasteiger partial charge in [0.15, 0.2) is 5.79 Å². The number of amides is 2. The molecular formula is C19H26N2O3. The normalized spacial score (nSPS) is 24.1. The molecule has 5 nitrogen and oxygen atoms in total. The van der Waals surface area contributed by atoms with Gasteiger partial charge in [0.05, 0.1) is 13.2 Å². The summed E-state index contributed by atoms with van der Waals surface area (Å²) in [5.74, 6) is -0.421. The number of nitrogens with one attached hydrogen (secondary N) is 1. The zero-order chi connectivity index (χ0) is 16.6. The lowest BCUT2D eigenvalue weighted by atomic mass is 9.92. The number of ether oxygens (including phenoxy) is 2. The van der Waals surface area contributed by atoms with Crippen molar-refractivity contribution in [3.05, 3.63) is 35.4 Å². The first kappa shape index (κ1) is 15.9. The van der Waals surface area contributed by atoms with Gasteiger partial charge in [0.2, 0.25) is 0 Å². The third-order valence-corrected chi connectivity index (χ3v) is 5.77.